The molecule has 0 atom stereocenters. The number of anilines is 1. The highest BCUT2D eigenvalue weighted by Crippen LogP contribution is 2.26. The molecule has 4 nitrogen and oxygen atoms in total. The summed E-state index contributed by atoms with van der Waals surface area (Å²) in [6.45, 7) is 0. The number of nitrogen functional groups attached to an aromatic ring is 1. The molecule has 0 unspecified atom stereocenters. The SMILES string of the molecule is Nc1nc(Cc2ccccn2)nc(-c2ccccc2)c1I. The Labute approximate surface area is 136 Å². The van der Waals surface area contributed by atoms with Gasteiger partial charge in [0.25, 0.3) is 0 Å². The molecule has 0 radical (unpaired) electrons. The summed E-state index contributed by atoms with van der Waals surface area (Å²) >= 11 is 2.19. The molecule has 0 aliphatic carbocycles. The van der Waals surface area contributed by atoms with E-state index in [0.717, 1.165) is 20.5 Å². The largest absolute Gasteiger partial charge is 0.383 e. The van der Waals surface area contributed by atoms with Crippen LogP contribution < -0.4 is 5.73 Å². The van der Waals surface area contributed by atoms with Crippen molar-refractivity contribution >= 4 is 28.4 Å². The summed E-state index contributed by atoms with van der Waals surface area (Å²) in [7, 11) is 0. The molecule has 2 heterocycles. The smallest absolute Gasteiger partial charge is 0.141 e. The minimum absolute atomic E-state index is 0.510. The predicted molar refractivity (Wildman–Crippen MR) is 91.6 cm³/mol. The Morgan fingerprint density at radius 2 is 1.71 bits per heavy atom. The molecule has 1 aromatic carbocycles. The Bertz CT molecular complexity index is 745. The number of hydrogen-bond acceptors (Lipinski definition) is 4. The summed E-state index contributed by atoms with van der Waals surface area (Å²) in [4.78, 5) is 13.3. The molecule has 5 heteroatoms. The molecule has 3 rings (SSSR count). The maximum Gasteiger partial charge on any atom is 0.141 e. The van der Waals surface area contributed by atoms with Crippen LogP contribution in [0.1, 0.15) is 11.5 Å². The fourth-order valence-electron chi connectivity index (χ4n) is 2.04. The number of nitrogens with zero attached hydrogens (tertiary/aromatic N) is 3. The van der Waals surface area contributed by atoms with Crippen molar-refractivity contribution in [2.75, 3.05) is 5.73 Å². The lowest BCUT2D eigenvalue weighted by Gasteiger charge is -2.09. The number of rotatable bonds is 3. The number of benzene rings is 1. The van der Waals surface area contributed by atoms with Gasteiger partial charge in [-0.15, -0.1) is 0 Å². The zero-order valence-corrected chi connectivity index (χ0v) is 13.4. The molecule has 0 bridgehead atoms. The highest BCUT2D eigenvalue weighted by Gasteiger charge is 2.12. The van der Waals surface area contributed by atoms with E-state index in [0.29, 0.717) is 18.1 Å². The molecule has 3 aromatic rings. The average molecular weight is 388 g/mol. The van der Waals surface area contributed by atoms with Crippen LogP contribution in [0.15, 0.2) is 54.7 Å². The monoisotopic (exact) mass is 388 g/mol. The Morgan fingerprint density at radius 1 is 0.952 bits per heavy atom. The number of hydrogen-bond donors (Lipinski definition) is 1. The molecule has 0 aliphatic heterocycles. The van der Waals surface area contributed by atoms with Gasteiger partial charge in [0.2, 0.25) is 0 Å². The maximum absolute atomic E-state index is 6.03. The molecule has 2 aromatic heterocycles. The molecular formula is C16H13IN4. The van der Waals surface area contributed by atoms with E-state index < -0.39 is 0 Å². The van der Waals surface area contributed by atoms with Crippen LogP contribution in [-0.4, -0.2) is 15.0 Å². The third-order valence-corrected chi connectivity index (χ3v) is 4.10. The molecule has 0 spiro atoms. The number of nitrogens with two attached hydrogens (primary N) is 1. The third-order valence-electron chi connectivity index (χ3n) is 3.04. The van der Waals surface area contributed by atoms with E-state index in [4.69, 9.17) is 5.73 Å². The Morgan fingerprint density at radius 3 is 2.43 bits per heavy atom. The second-order valence-corrected chi connectivity index (χ2v) is 5.63. The standard InChI is InChI=1S/C16H13IN4/c17-14-15(11-6-2-1-3-7-11)20-13(21-16(14)18)10-12-8-4-5-9-19-12/h1-9H,10H2,(H2,18,20,21). The minimum atomic E-state index is 0.510. The Hall–Kier alpha value is -2.02. The Balaban J connectivity index is 2.02. The summed E-state index contributed by atoms with van der Waals surface area (Å²) in [5, 5.41) is 0. The van der Waals surface area contributed by atoms with E-state index in [2.05, 4.69) is 37.5 Å². The first kappa shape index (κ1) is 13.9. The molecule has 0 aliphatic rings. The van der Waals surface area contributed by atoms with Crippen LogP contribution in [-0.2, 0) is 6.42 Å². The van der Waals surface area contributed by atoms with Crippen LogP contribution in [0.3, 0.4) is 0 Å². The van der Waals surface area contributed by atoms with Gasteiger partial charge < -0.3 is 5.73 Å². The number of aromatic nitrogens is 3. The first-order chi connectivity index (χ1) is 10.2. The highest BCUT2D eigenvalue weighted by molar-refractivity contribution is 14.1. The average Bonchev–Trinajstić information content (AvgIpc) is 2.52. The molecule has 2 N–H and O–H groups in total. The first-order valence-corrected chi connectivity index (χ1v) is 7.59. The fourth-order valence-corrected chi connectivity index (χ4v) is 2.60. The van der Waals surface area contributed by atoms with Crippen molar-refractivity contribution in [2.45, 2.75) is 6.42 Å². The topological polar surface area (TPSA) is 64.7 Å². The fraction of sp³-hybridized carbons (Fsp3) is 0.0625. The van der Waals surface area contributed by atoms with Crippen molar-refractivity contribution in [2.24, 2.45) is 0 Å². The van der Waals surface area contributed by atoms with Gasteiger partial charge in [0, 0.05) is 17.5 Å². The summed E-state index contributed by atoms with van der Waals surface area (Å²) < 4.78 is 0.878. The molecule has 0 saturated carbocycles. The molecule has 104 valence electrons. The van der Waals surface area contributed by atoms with Crippen molar-refractivity contribution in [1.29, 1.82) is 0 Å². The van der Waals surface area contributed by atoms with Crippen molar-refractivity contribution in [1.82, 2.24) is 15.0 Å². The molecular weight excluding hydrogens is 375 g/mol. The van der Waals surface area contributed by atoms with E-state index in [1.165, 1.54) is 0 Å². The molecule has 0 amide bonds. The molecule has 0 fully saturated rings. The van der Waals surface area contributed by atoms with Crippen molar-refractivity contribution < 1.29 is 0 Å². The lowest BCUT2D eigenvalue weighted by atomic mass is 10.1. The summed E-state index contributed by atoms with van der Waals surface area (Å²) in [6.07, 6.45) is 2.34. The first-order valence-electron chi connectivity index (χ1n) is 6.51. The normalized spacial score (nSPS) is 10.5. The van der Waals surface area contributed by atoms with Gasteiger partial charge in [0.15, 0.2) is 0 Å². The van der Waals surface area contributed by atoms with E-state index in [-0.39, 0.29) is 0 Å². The van der Waals surface area contributed by atoms with Gasteiger partial charge in [0.05, 0.1) is 15.7 Å². The van der Waals surface area contributed by atoms with E-state index in [1.54, 1.807) is 6.20 Å². The highest BCUT2D eigenvalue weighted by atomic mass is 127. The lowest BCUT2D eigenvalue weighted by molar-refractivity contribution is 0.939. The zero-order valence-electron chi connectivity index (χ0n) is 11.2. The van der Waals surface area contributed by atoms with Gasteiger partial charge in [-0.1, -0.05) is 36.4 Å². The van der Waals surface area contributed by atoms with Crippen LogP contribution in [0.25, 0.3) is 11.3 Å². The molecule has 0 saturated heterocycles. The van der Waals surface area contributed by atoms with Crippen LogP contribution in [0, 0.1) is 3.57 Å². The second kappa shape index (κ2) is 6.17. The van der Waals surface area contributed by atoms with Crippen LogP contribution >= 0.6 is 22.6 Å². The maximum atomic E-state index is 6.03. The third kappa shape index (κ3) is 3.18. The summed E-state index contributed by atoms with van der Waals surface area (Å²) in [5.41, 5.74) is 8.87. The van der Waals surface area contributed by atoms with Crippen molar-refractivity contribution in [3.8, 4) is 11.3 Å². The van der Waals surface area contributed by atoms with Gasteiger partial charge >= 0.3 is 0 Å². The van der Waals surface area contributed by atoms with Crippen LogP contribution in [0.2, 0.25) is 0 Å². The van der Waals surface area contributed by atoms with Crippen LogP contribution in [0.4, 0.5) is 5.82 Å². The molecule has 21 heavy (non-hydrogen) atoms. The van der Waals surface area contributed by atoms with E-state index >= 15 is 0 Å². The van der Waals surface area contributed by atoms with E-state index in [1.807, 2.05) is 48.5 Å². The lowest BCUT2D eigenvalue weighted by Crippen LogP contribution is -2.06. The summed E-state index contributed by atoms with van der Waals surface area (Å²) in [5.74, 6) is 1.20. The van der Waals surface area contributed by atoms with Gasteiger partial charge in [-0.25, -0.2) is 9.97 Å². The van der Waals surface area contributed by atoms with Gasteiger partial charge in [-0.3, -0.25) is 4.98 Å². The predicted octanol–water partition coefficient (Wildman–Crippen LogP) is 3.32. The van der Waals surface area contributed by atoms with Crippen LogP contribution in [0.5, 0.6) is 0 Å². The van der Waals surface area contributed by atoms with Crippen molar-refractivity contribution in [3.63, 3.8) is 0 Å². The quantitative estimate of drug-likeness (QED) is 0.700. The second-order valence-electron chi connectivity index (χ2n) is 4.55. The number of halogens is 1. The number of pyridine rings is 1. The Kier molecular flexibility index (Phi) is 4.10. The van der Waals surface area contributed by atoms with E-state index in [9.17, 15) is 0 Å². The van der Waals surface area contributed by atoms with Crippen molar-refractivity contribution in [3.05, 3.63) is 69.8 Å². The summed E-state index contributed by atoms with van der Waals surface area (Å²) in [6, 6.07) is 15.8. The minimum Gasteiger partial charge on any atom is -0.383 e. The van der Waals surface area contributed by atoms with Gasteiger partial charge in [-0.05, 0) is 34.7 Å². The zero-order chi connectivity index (χ0) is 14.7. The van der Waals surface area contributed by atoms with Gasteiger partial charge in [-0.2, -0.15) is 0 Å². The van der Waals surface area contributed by atoms with Gasteiger partial charge in [0.1, 0.15) is 11.6 Å².